The van der Waals surface area contributed by atoms with Crippen LogP contribution in [-0.2, 0) is 11.3 Å². The first-order chi connectivity index (χ1) is 9.60. The number of amides is 1. The molecule has 0 bridgehead atoms. The number of carbonyl (C=O) groups is 1. The SMILES string of the molecule is CCn1nc(NC(=O)C(CC)(CC)CN)cc1C1CC1. The fraction of sp³-hybridized carbons (Fsp3) is 0.733. The number of hydrogen-bond acceptors (Lipinski definition) is 3. The van der Waals surface area contributed by atoms with Crippen LogP contribution in [0.5, 0.6) is 0 Å². The number of nitrogens with zero attached hydrogens (tertiary/aromatic N) is 2. The molecule has 5 nitrogen and oxygen atoms in total. The molecule has 0 saturated heterocycles. The third-order valence-electron chi connectivity index (χ3n) is 4.57. The Bertz CT molecular complexity index is 464. The molecule has 2 rings (SSSR count). The number of aromatic nitrogens is 2. The van der Waals surface area contributed by atoms with Crippen molar-refractivity contribution in [3.8, 4) is 0 Å². The molecule has 20 heavy (non-hydrogen) atoms. The minimum Gasteiger partial charge on any atom is -0.329 e. The molecule has 3 N–H and O–H groups in total. The van der Waals surface area contributed by atoms with Crippen LogP contribution < -0.4 is 11.1 Å². The fourth-order valence-electron chi connectivity index (χ4n) is 2.65. The summed E-state index contributed by atoms with van der Waals surface area (Å²) in [7, 11) is 0. The van der Waals surface area contributed by atoms with Crippen molar-refractivity contribution in [1.82, 2.24) is 9.78 Å². The van der Waals surface area contributed by atoms with E-state index in [1.165, 1.54) is 18.5 Å². The molecule has 0 atom stereocenters. The molecule has 1 aliphatic carbocycles. The average Bonchev–Trinajstić information content (AvgIpc) is 3.23. The predicted molar refractivity (Wildman–Crippen MR) is 80.6 cm³/mol. The monoisotopic (exact) mass is 278 g/mol. The van der Waals surface area contributed by atoms with Crippen molar-refractivity contribution < 1.29 is 4.79 Å². The largest absolute Gasteiger partial charge is 0.329 e. The summed E-state index contributed by atoms with van der Waals surface area (Å²) in [6.07, 6.45) is 3.96. The Balaban J connectivity index is 2.15. The van der Waals surface area contributed by atoms with E-state index < -0.39 is 5.41 Å². The van der Waals surface area contributed by atoms with Crippen LogP contribution in [0.3, 0.4) is 0 Å². The zero-order valence-electron chi connectivity index (χ0n) is 12.8. The minimum atomic E-state index is -0.476. The summed E-state index contributed by atoms with van der Waals surface area (Å²) >= 11 is 0. The van der Waals surface area contributed by atoms with E-state index >= 15 is 0 Å². The number of rotatable bonds is 7. The molecule has 1 amide bonds. The highest BCUT2D eigenvalue weighted by molar-refractivity contribution is 5.94. The standard InChI is InChI=1S/C15H26N4O/c1-4-15(5-2,10-16)14(20)17-13-9-12(11-7-8-11)19(6-3)18-13/h9,11H,4-8,10,16H2,1-3H3,(H,17,18,20). The molecule has 1 heterocycles. The van der Waals surface area contributed by atoms with E-state index in [0.717, 1.165) is 19.4 Å². The van der Waals surface area contributed by atoms with Gasteiger partial charge in [-0.05, 0) is 32.6 Å². The third-order valence-corrected chi connectivity index (χ3v) is 4.57. The molecule has 1 aromatic rings. The first kappa shape index (κ1) is 15.0. The van der Waals surface area contributed by atoms with Crippen molar-refractivity contribution in [3.05, 3.63) is 11.8 Å². The molecule has 1 saturated carbocycles. The van der Waals surface area contributed by atoms with E-state index in [2.05, 4.69) is 17.3 Å². The van der Waals surface area contributed by atoms with Crippen LogP contribution in [0.25, 0.3) is 0 Å². The maximum Gasteiger partial charge on any atom is 0.233 e. The van der Waals surface area contributed by atoms with Gasteiger partial charge in [-0.3, -0.25) is 9.48 Å². The van der Waals surface area contributed by atoms with Gasteiger partial charge < -0.3 is 11.1 Å². The molecular formula is C15H26N4O. The Labute approximate surface area is 120 Å². The highest BCUT2D eigenvalue weighted by Gasteiger charge is 2.34. The van der Waals surface area contributed by atoms with Crippen LogP contribution in [0, 0.1) is 5.41 Å². The topological polar surface area (TPSA) is 72.9 Å². The molecule has 0 unspecified atom stereocenters. The quantitative estimate of drug-likeness (QED) is 0.804. The molecular weight excluding hydrogens is 252 g/mol. The summed E-state index contributed by atoms with van der Waals surface area (Å²) in [5.74, 6) is 1.29. The predicted octanol–water partition coefficient (Wildman–Crippen LogP) is 2.48. The van der Waals surface area contributed by atoms with Crippen LogP contribution >= 0.6 is 0 Å². The number of anilines is 1. The Kier molecular flexibility index (Phi) is 4.48. The minimum absolute atomic E-state index is 0.00639. The highest BCUT2D eigenvalue weighted by atomic mass is 16.2. The van der Waals surface area contributed by atoms with Gasteiger partial charge in [0, 0.05) is 30.8 Å². The van der Waals surface area contributed by atoms with Gasteiger partial charge in [0.15, 0.2) is 5.82 Å². The Hall–Kier alpha value is -1.36. The maximum absolute atomic E-state index is 12.5. The first-order valence-corrected chi connectivity index (χ1v) is 7.69. The van der Waals surface area contributed by atoms with E-state index in [1.807, 2.05) is 24.6 Å². The molecule has 0 spiro atoms. The van der Waals surface area contributed by atoms with Gasteiger partial charge in [0.1, 0.15) is 0 Å². The molecule has 1 aliphatic rings. The lowest BCUT2D eigenvalue weighted by Gasteiger charge is -2.27. The Morgan fingerprint density at radius 1 is 1.45 bits per heavy atom. The van der Waals surface area contributed by atoms with Crippen molar-refractivity contribution in [2.24, 2.45) is 11.1 Å². The van der Waals surface area contributed by atoms with Crippen molar-refractivity contribution in [1.29, 1.82) is 0 Å². The molecule has 0 radical (unpaired) electrons. The lowest BCUT2D eigenvalue weighted by atomic mass is 9.81. The molecule has 5 heteroatoms. The summed E-state index contributed by atoms with van der Waals surface area (Å²) in [5.41, 5.74) is 6.58. The summed E-state index contributed by atoms with van der Waals surface area (Å²) in [5, 5.41) is 7.45. The second kappa shape index (κ2) is 5.95. The summed E-state index contributed by atoms with van der Waals surface area (Å²) in [6, 6.07) is 2.02. The van der Waals surface area contributed by atoms with Crippen LogP contribution in [0.15, 0.2) is 6.07 Å². The summed E-state index contributed by atoms with van der Waals surface area (Å²) in [4.78, 5) is 12.5. The molecule has 112 valence electrons. The molecule has 0 aromatic carbocycles. The van der Waals surface area contributed by atoms with Crippen molar-refractivity contribution >= 4 is 11.7 Å². The lowest BCUT2D eigenvalue weighted by molar-refractivity contribution is -0.125. The van der Waals surface area contributed by atoms with Crippen molar-refractivity contribution in [2.75, 3.05) is 11.9 Å². The second-order valence-corrected chi connectivity index (χ2v) is 5.69. The normalized spacial score (nSPS) is 15.4. The van der Waals surface area contributed by atoms with E-state index in [-0.39, 0.29) is 5.91 Å². The van der Waals surface area contributed by atoms with Crippen LogP contribution in [0.1, 0.15) is 58.1 Å². The van der Waals surface area contributed by atoms with Gasteiger partial charge in [-0.2, -0.15) is 5.10 Å². The van der Waals surface area contributed by atoms with Gasteiger partial charge in [0.2, 0.25) is 5.91 Å². The fourth-order valence-corrected chi connectivity index (χ4v) is 2.65. The van der Waals surface area contributed by atoms with E-state index in [9.17, 15) is 4.79 Å². The Morgan fingerprint density at radius 2 is 2.10 bits per heavy atom. The second-order valence-electron chi connectivity index (χ2n) is 5.69. The zero-order chi connectivity index (χ0) is 14.8. The van der Waals surface area contributed by atoms with Crippen LogP contribution in [-0.4, -0.2) is 22.2 Å². The van der Waals surface area contributed by atoms with Crippen molar-refractivity contribution in [2.45, 2.75) is 58.9 Å². The number of carbonyl (C=O) groups excluding carboxylic acids is 1. The maximum atomic E-state index is 12.5. The van der Waals surface area contributed by atoms with Gasteiger partial charge >= 0.3 is 0 Å². The van der Waals surface area contributed by atoms with E-state index in [0.29, 0.717) is 18.3 Å². The summed E-state index contributed by atoms with van der Waals surface area (Å²) < 4.78 is 2.00. The Morgan fingerprint density at radius 3 is 2.55 bits per heavy atom. The highest BCUT2D eigenvalue weighted by Crippen LogP contribution is 2.41. The number of aryl methyl sites for hydroxylation is 1. The summed E-state index contributed by atoms with van der Waals surface area (Å²) in [6.45, 7) is 7.31. The third kappa shape index (κ3) is 2.73. The van der Waals surface area contributed by atoms with E-state index in [4.69, 9.17) is 5.73 Å². The first-order valence-electron chi connectivity index (χ1n) is 7.69. The van der Waals surface area contributed by atoms with Gasteiger partial charge in [-0.1, -0.05) is 13.8 Å². The number of nitrogens with one attached hydrogen (secondary N) is 1. The van der Waals surface area contributed by atoms with E-state index in [1.54, 1.807) is 0 Å². The van der Waals surface area contributed by atoms with Gasteiger partial charge in [-0.15, -0.1) is 0 Å². The zero-order valence-corrected chi connectivity index (χ0v) is 12.8. The van der Waals surface area contributed by atoms with Crippen molar-refractivity contribution in [3.63, 3.8) is 0 Å². The van der Waals surface area contributed by atoms with Gasteiger partial charge in [-0.25, -0.2) is 0 Å². The number of nitrogens with two attached hydrogens (primary N) is 1. The van der Waals surface area contributed by atoms with Gasteiger partial charge in [0.25, 0.3) is 0 Å². The lowest BCUT2D eigenvalue weighted by Crippen LogP contribution is -2.41. The number of hydrogen-bond donors (Lipinski definition) is 2. The van der Waals surface area contributed by atoms with Crippen LogP contribution in [0.4, 0.5) is 5.82 Å². The van der Waals surface area contributed by atoms with Crippen LogP contribution in [0.2, 0.25) is 0 Å². The molecule has 1 aromatic heterocycles. The molecule has 0 aliphatic heterocycles. The molecule has 1 fully saturated rings. The smallest absolute Gasteiger partial charge is 0.233 e. The average molecular weight is 278 g/mol. The van der Waals surface area contributed by atoms with Gasteiger partial charge in [0.05, 0.1) is 5.41 Å².